The van der Waals surface area contributed by atoms with E-state index in [1.165, 1.54) is 0 Å². The second-order valence-corrected chi connectivity index (χ2v) is 5.13. The molecule has 102 valence electrons. The fourth-order valence-electron chi connectivity index (χ4n) is 1.48. The van der Waals surface area contributed by atoms with Gasteiger partial charge in [0, 0.05) is 30.7 Å². The average molecular weight is 259 g/mol. The van der Waals surface area contributed by atoms with Crippen LogP contribution in [0.15, 0.2) is 18.2 Å². The van der Waals surface area contributed by atoms with E-state index in [1.807, 2.05) is 13.8 Å². The van der Waals surface area contributed by atoms with Crippen LogP contribution in [0, 0.1) is 17.0 Å². The van der Waals surface area contributed by atoms with Crippen molar-refractivity contribution in [1.82, 2.24) is 5.32 Å². The van der Waals surface area contributed by atoms with Crippen molar-refractivity contribution < 1.29 is 19.0 Å². The summed E-state index contributed by atoms with van der Waals surface area (Å²) < 4.78 is 26.3. The van der Waals surface area contributed by atoms with Crippen molar-refractivity contribution in [1.29, 1.82) is 0 Å². The van der Waals surface area contributed by atoms with Crippen LogP contribution in [0.2, 0.25) is 0 Å². The summed E-state index contributed by atoms with van der Waals surface area (Å²) in [5.41, 5.74) is -0.385. The normalized spacial score (nSPS) is 13.7. The highest BCUT2D eigenvalue weighted by molar-refractivity contribution is 5.21. The van der Waals surface area contributed by atoms with Crippen LogP contribution in [0.5, 0.6) is 0 Å². The van der Waals surface area contributed by atoms with Crippen molar-refractivity contribution in [3.05, 3.63) is 35.4 Å². The zero-order valence-electron chi connectivity index (χ0n) is 10.6. The van der Waals surface area contributed by atoms with E-state index >= 15 is 0 Å². The number of hydrogen-bond donors (Lipinski definition) is 3. The van der Waals surface area contributed by atoms with Crippen molar-refractivity contribution in [2.24, 2.45) is 5.41 Å². The van der Waals surface area contributed by atoms with Crippen LogP contribution in [0.4, 0.5) is 8.78 Å². The van der Waals surface area contributed by atoms with Gasteiger partial charge in [-0.2, -0.15) is 0 Å². The van der Waals surface area contributed by atoms with Gasteiger partial charge >= 0.3 is 0 Å². The number of halogens is 2. The first-order valence-corrected chi connectivity index (χ1v) is 5.80. The Bertz CT molecular complexity index is 397. The minimum absolute atomic E-state index is 0.00439. The summed E-state index contributed by atoms with van der Waals surface area (Å²) in [5, 5.41) is 21.7. The van der Waals surface area contributed by atoms with Crippen LogP contribution < -0.4 is 5.32 Å². The van der Waals surface area contributed by atoms with E-state index in [0.29, 0.717) is 6.54 Å². The van der Waals surface area contributed by atoms with Crippen LogP contribution in [0.3, 0.4) is 0 Å². The Morgan fingerprint density at radius 2 is 2.00 bits per heavy atom. The van der Waals surface area contributed by atoms with Crippen molar-refractivity contribution in [2.45, 2.75) is 20.0 Å². The SMILES string of the molecule is CC(C)(CO)CNCC(O)c1cc(F)ccc1F. The van der Waals surface area contributed by atoms with Gasteiger partial charge in [-0.05, 0) is 18.2 Å². The fourth-order valence-corrected chi connectivity index (χ4v) is 1.48. The summed E-state index contributed by atoms with van der Waals surface area (Å²) in [6, 6.07) is 2.98. The summed E-state index contributed by atoms with van der Waals surface area (Å²) >= 11 is 0. The molecule has 1 aromatic carbocycles. The molecule has 0 heterocycles. The van der Waals surface area contributed by atoms with E-state index in [2.05, 4.69) is 5.32 Å². The first-order chi connectivity index (χ1) is 8.35. The Morgan fingerprint density at radius 3 is 2.61 bits per heavy atom. The molecule has 3 N–H and O–H groups in total. The first kappa shape index (κ1) is 15.0. The smallest absolute Gasteiger partial charge is 0.129 e. The molecule has 0 saturated heterocycles. The summed E-state index contributed by atoms with van der Waals surface area (Å²) in [6.45, 7) is 4.29. The van der Waals surface area contributed by atoms with Gasteiger partial charge in [-0.3, -0.25) is 0 Å². The second kappa shape index (κ2) is 6.22. The lowest BCUT2D eigenvalue weighted by Gasteiger charge is -2.23. The number of hydrogen-bond acceptors (Lipinski definition) is 3. The molecule has 1 aromatic rings. The highest BCUT2D eigenvalue weighted by Crippen LogP contribution is 2.18. The zero-order valence-corrected chi connectivity index (χ0v) is 10.6. The van der Waals surface area contributed by atoms with Gasteiger partial charge in [-0.15, -0.1) is 0 Å². The van der Waals surface area contributed by atoms with Crippen molar-refractivity contribution in [2.75, 3.05) is 19.7 Å². The highest BCUT2D eigenvalue weighted by Gasteiger charge is 2.18. The van der Waals surface area contributed by atoms with Gasteiger partial charge < -0.3 is 15.5 Å². The molecule has 0 fully saturated rings. The number of benzene rings is 1. The number of aliphatic hydroxyl groups excluding tert-OH is 2. The quantitative estimate of drug-likeness (QED) is 0.727. The minimum atomic E-state index is -1.12. The lowest BCUT2D eigenvalue weighted by Crippen LogP contribution is -2.34. The Morgan fingerprint density at radius 1 is 1.33 bits per heavy atom. The van der Waals surface area contributed by atoms with E-state index in [0.717, 1.165) is 18.2 Å². The molecule has 1 unspecified atom stereocenters. The van der Waals surface area contributed by atoms with Gasteiger partial charge in [0.05, 0.1) is 6.10 Å². The second-order valence-electron chi connectivity index (χ2n) is 5.13. The van der Waals surface area contributed by atoms with Gasteiger partial charge in [0.2, 0.25) is 0 Å². The maximum absolute atomic E-state index is 13.4. The Kier molecular flexibility index (Phi) is 5.19. The molecule has 0 radical (unpaired) electrons. The lowest BCUT2D eigenvalue weighted by atomic mass is 9.95. The minimum Gasteiger partial charge on any atom is -0.396 e. The Balaban J connectivity index is 2.55. The Hall–Kier alpha value is -1.04. The molecule has 0 saturated carbocycles. The molecule has 0 aliphatic heterocycles. The lowest BCUT2D eigenvalue weighted by molar-refractivity contribution is 0.136. The van der Waals surface area contributed by atoms with Gasteiger partial charge in [-0.1, -0.05) is 13.8 Å². The van der Waals surface area contributed by atoms with Crippen LogP contribution in [0.1, 0.15) is 25.5 Å². The third kappa shape index (κ3) is 4.33. The molecule has 0 aliphatic carbocycles. The molecular weight excluding hydrogens is 240 g/mol. The summed E-state index contributed by atoms with van der Waals surface area (Å²) in [5.74, 6) is -1.21. The summed E-state index contributed by atoms with van der Waals surface area (Å²) in [7, 11) is 0. The van der Waals surface area contributed by atoms with Gasteiger partial charge in [0.25, 0.3) is 0 Å². The van der Waals surface area contributed by atoms with E-state index in [4.69, 9.17) is 5.11 Å². The van der Waals surface area contributed by atoms with Crippen LogP contribution in [0.25, 0.3) is 0 Å². The van der Waals surface area contributed by atoms with E-state index in [1.54, 1.807) is 0 Å². The van der Waals surface area contributed by atoms with Crippen molar-refractivity contribution in [3.8, 4) is 0 Å². The summed E-state index contributed by atoms with van der Waals surface area (Å²) in [4.78, 5) is 0. The molecule has 0 aromatic heterocycles. The molecule has 3 nitrogen and oxygen atoms in total. The molecule has 1 atom stereocenters. The standard InChI is InChI=1S/C13H19F2NO2/c1-13(2,8-17)7-16-6-12(18)10-5-9(14)3-4-11(10)15/h3-5,12,16-18H,6-8H2,1-2H3. The van der Waals surface area contributed by atoms with Crippen LogP contribution in [-0.2, 0) is 0 Å². The van der Waals surface area contributed by atoms with Crippen molar-refractivity contribution in [3.63, 3.8) is 0 Å². The maximum Gasteiger partial charge on any atom is 0.129 e. The van der Waals surface area contributed by atoms with Crippen LogP contribution >= 0.6 is 0 Å². The van der Waals surface area contributed by atoms with Crippen LogP contribution in [-0.4, -0.2) is 29.9 Å². The molecule has 0 amide bonds. The molecule has 0 spiro atoms. The van der Waals surface area contributed by atoms with Crippen molar-refractivity contribution >= 4 is 0 Å². The molecule has 1 rings (SSSR count). The third-order valence-corrected chi connectivity index (χ3v) is 2.69. The Labute approximate surface area is 105 Å². The fraction of sp³-hybridized carbons (Fsp3) is 0.538. The highest BCUT2D eigenvalue weighted by atomic mass is 19.1. The predicted molar refractivity (Wildman–Crippen MR) is 65.1 cm³/mol. The van der Waals surface area contributed by atoms with E-state index in [9.17, 15) is 13.9 Å². The van der Waals surface area contributed by atoms with Gasteiger partial charge in [-0.25, -0.2) is 8.78 Å². The van der Waals surface area contributed by atoms with E-state index < -0.39 is 17.7 Å². The average Bonchev–Trinajstić information content (AvgIpc) is 2.32. The molecular formula is C13H19F2NO2. The number of nitrogens with one attached hydrogen (secondary N) is 1. The molecule has 5 heteroatoms. The number of aliphatic hydroxyl groups is 2. The first-order valence-electron chi connectivity index (χ1n) is 5.80. The zero-order chi connectivity index (χ0) is 13.8. The predicted octanol–water partition coefficient (Wildman–Crippen LogP) is 1.61. The third-order valence-electron chi connectivity index (χ3n) is 2.69. The van der Waals surface area contributed by atoms with E-state index in [-0.39, 0.29) is 24.1 Å². The maximum atomic E-state index is 13.4. The summed E-state index contributed by atoms with van der Waals surface area (Å²) in [6.07, 6.45) is -1.12. The van der Waals surface area contributed by atoms with Gasteiger partial charge in [0.1, 0.15) is 11.6 Å². The molecule has 0 bridgehead atoms. The molecule has 18 heavy (non-hydrogen) atoms. The van der Waals surface area contributed by atoms with Gasteiger partial charge in [0.15, 0.2) is 0 Å². The molecule has 0 aliphatic rings. The largest absolute Gasteiger partial charge is 0.396 e. The monoisotopic (exact) mass is 259 g/mol. The number of rotatable bonds is 6. The topological polar surface area (TPSA) is 52.5 Å².